The first-order valence-corrected chi connectivity index (χ1v) is 6.51. The quantitative estimate of drug-likeness (QED) is 0.768. The monoisotopic (exact) mass is 268 g/mol. The zero-order valence-corrected chi connectivity index (χ0v) is 12.0. The van der Waals surface area contributed by atoms with Crippen LogP contribution in [0.4, 0.5) is 8.78 Å². The van der Waals surface area contributed by atoms with E-state index in [-0.39, 0.29) is 5.56 Å². The van der Waals surface area contributed by atoms with Gasteiger partial charge in [0.2, 0.25) is 0 Å². The fraction of sp³-hybridized carbons (Fsp3) is 0.571. The molecule has 0 aliphatic carbocycles. The first-order chi connectivity index (χ1) is 8.68. The molecule has 0 bridgehead atoms. The molecular weight excluding hydrogens is 249 g/mol. The fourth-order valence-corrected chi connectivity index (χ4v) is 2.08. The van der Waals surface area contributed by atoms with E-state index in [9.17, 15) is 8.78 Å². The number of benzene rings is 1. The van der Waals surface area contributed by atoms with Gasteiger partial charge in [0.25, 0.3) is 0 Å². The minimum absolute atomic E-state index is 0.0975. The molecule has 5 heteroatoms. The van der Waals surface area contributed by atoms with Crippen molar-refractivity contribution in [2.24, 2.45) is 0 Å². The van der Waals surface area contributed by atoms with Crippen molar-refractivity contribution in [1.29, 1.82) is 0 Å². The number of hydrogen-bond donors (Lipinski definition) is 0. The standard InChI is InChI=1S/C14H19BF2O2/c1-6-10-11(16)7-9(8-12(10)17)15-18-13(2,3)14(4,5)19-15/h7-8H,6H2,1-5H3. The van der Waals surface area contributed by atoms with E-state index in [4.69, 9.17) is 9.31 Å². The van der Waals surface area contributed by atoms with Crippen LogP contribution in [0.25, 0.3) is 0 Å². The number of hydrogen-bond acceptors (Lipinski definition) is 2. The van der Waals surface area contributed by atoms with Crippen molar-refractivity contribution in [2.45, 2.75) is 52.2 Å². The van der Waals surface area contributed by atoms with Gasteiger partial charge in [0.05, 0.1) is 11.2 Å². The van der Waals surface area contributed by atoms with Gasteiger partial charge in [-0.25, -0.2) is 8.78 Å². The minimum Gasteiger partial charge on any atom is -0.399 e. The second kappa shape index (κ2) is 4.56. The maximum absolute atomic E-state index is 13.8. The van der Waals surface area contributed by atoms with Crippen molar-refractivity contribution in [3.8, 4) is 0 Å². The molecule has 0 unspecified atom stereocenters. The Morgan fingerprint density at radius 3 is 1.79 bits per heavy atom. The van der Waals surface area contributed by atoms with Gasteiger partial charge in [-0.05, 0) is 51.7 Å². The van der Waals surface area contributed by atoms with Crippen LogP contribution >= 0.6 is 0 Å². The van der Waals surface area contributed by atoms with Gasteiger partial charge in [-0.2, -0.15) is 0 Å². The van der Waals surface area contributed by atoms with Crippen molar-refractivity contribution in [2.75, 3.05) is 0 Å². The maximum Gasteiger partial charge on any atom is 0.495 e. The lowest BCUT2D eigenvalue weighted by molar-refractivity contribution is 0.00578. The van der Waals surface area contributed by atoms with E-state index >= 15 is 0 Å². The molecule has 1 aromatic carbocycles. The maximum atomic E-state index is 13.8. The molecule has 104 valence electrons. The summed E-state index contributed by atoms with van der Waals surface area (Å²) in [5.41, 5.74) is -0.562. The zero-order chi connectivity index (χ0) is 14.4. The highest BCUT2D eigenvalue weighted by atomic mass is 19.1. The Morgan fingerprint density at radius 1 is 1.00 bits per heavy atom. The van der Waals surface area contributed by atoms with E-state index in [1.54, 1.807) is 6.92 Å². The summed E-state index contributed by atoms with van der Waals surface area (Å²) in [7, 11) is -0.736. The highest BCUT2D eigenvalue weighted by molar-refractivity contribution is 6.62. The van der Waals surface area contributed by atoms with E-state index < -0.39 is 30.0 Å². The molecule has 0 saturated carbocycles. The average molecular weight is 268 g/mol. The molecule has 19 heavy (non-hydrogen) atoms. The Kier molecular flexibility index (Phi) is 3.48. The Morgan fingerprint density at radius 2 is 1.42 bits per heavy atom. The van der Waals surface area contributed by atoms with Crippen LogP contribution in [0.2, 0.25) is 0 Å². The topological polar surface area (TPSA) is 18.5 Å². The molecule has 0 atom stereocenters. The largest absolute Gasteiger partial charge is 0.495 e. The number of halogens is 2. The van der Waals surface area contributed by atoms with E-state index in [2.05, 4.69) is 0 Å². The van der Waals surface area contributed by atoms with E-state index in [1.165, 1.54) is 12.1 Å². The Labute approximate surface area is 113 Å². The summed E-state index contributed by atoms with van der Waals surface area (Å²) >= 11 is 0. The van der Waals surface area contributed by atoms with E-state index in [1.807, 2.05) is 27.7 Å². The summed E-state index contributed by atoms with van der Waals surface area (Å²) in [5, 5.41) is 0. The third-order valence-corrected chi connectivity index (χ3v) is 4.04. The van der Waals surface area contributed by atoms with Crippen molar-refractivity contribution in [1.82, 2.24) is 0 Å². The molecule has 0 aromatic heterocycles. The lowest BCUT2D eigenvalue weighted by atomic mass is 9.78. The van der Waals surface area contributed by atoms with Crippen LogP contribution in [0.3, 0.4) is 0 Å². The van der Waals surface area contributed by atoms with Crippen LogP contribution in [0.1, 0.15) is 40.2 Å². The van der Waals surface area contributed by atoms with Gasteiger partial charge in [-0.15, -0.1) is 0 Å². The van der Waals surface area contributed by atoms with Gasteiger partial charge < -0.3 is 9.31 Å². The molecule has 1 aliphatic rings. The second-order valence-corrected chi connectivity index (χ2v) is 5.90. The number of rotatable bonds is 2. The molecule has 1 fully saturated rings. The minimum atomic E-state index is -0.736. The molecule has 0 radical (unpaired) electrons. The molecule has 0 spiro atoms. The van der Waals surface area contributed by atoms with Crippen molar-refractivity contribution in [3.63, 3.8) is 0 Å². The highest BCUT2D eigenvalue weighted by Gasteiger charge is 2.51. The van der Waals surface area contributed by atoms with Crippen LogP contribution < -0.4 is 5.46 Å². The first kappa shape index (κ1) is 14.5. The van der Waals surface area contributed by atoms with Gasteiger partial charge in [0, 0.05) is 5.56 Å². The van der Waals surface area contributed by atoms with Crippen LogP contribution in [0.15, 0.2) is 12.1 Å². The molecule has 1 aliphatic heterocycles. The van der Waals surface area contributed by atoms with Gasteiger partial charge in [-0.3, -0.25) is 0 Å². The summed E-state index contributed by atoms with van der Waals surface area (Å²) < 4.78 is 39.2. The third-order valence-electron chi connectivity index (χ3n) is 4.04. The normalized spacial score (nSPS) is 20.9. The van der Waals surface area contributed by atoms with Gasteiger partial charge in [0.1, 0.15) is 11.6 Å². The molecule has 1 saturated heterocycles. The molecule has 2 rings (SSSR count). The predicted molar refractivity (Wildman–Crippen MR) is 71.5 cm³/mol. The molecular formula is C14H19BF2O2. The molecule has 1 heterocycles. The van der Waals surface area contributed by atoms with E-state index in [0.717, 1.165) is 0 Å². The zero-order valence-electron chi connectivity index (χ0n) is 12.0. The molecule has 0 N–H and O–H groups in total. The van der Waals surface area contributed by atoms with Crippen LogP contribution in [0.5, 0.6) is 0 Å². The van der Waals surface area contributed by atoms with Crippen molar-refractivity contribution < 1.29 is 18.1 Å². The van der Waals surface area contributed by atoms with Crippen LogP contribution in [0, 0.1) is 11.6 Å². The van der Waals surface area contributed by atoms with Crippen LogP contribution in [-0.2, 0) is 15.7 Å². The predicted octanol–water partition coefficient (Wildman–Crippen LogP) is 2.83. The van der Waals surface area contributed by atoms with E-state index in [0.29, 0.717) is 11.9 Å². The Hall–Kier alpha value is -0.935. The summed E-state index contributed by atoms with van der Waals surface area (Å²) in [6.07, 6.45) is 0.321. The van der Waals surface area contributed by atoms with Gasteiger partial charge in [-0.1, -0.05) is 6.92 Å². The summed E-state index contributed by atoms with van der Waals surface area (Å²) in [6.45, 7) is 9.33. The molecule has 2 nitrogen and oxygen atoms in total. The highest BCUT2D eigenvalue weighted by Crippen LogP contribution is 2.36. The van der Waals surface area contributed by atoms with Gasteiger partial charge >= 0.3 is 7.12 Å². The second-order valence-electron chi connectivity index (χ2n) is 5.90. The smallest absolute Gasteiger partial charge is 0.399 e. The summed E-state index contributed by atoms with van der Waals surface area (Å²) in [5.74, 6) is -1.10. The lowest BCUT2D eigenvalue weighted by Crippen LogP contribution is -2.41. The third kappa shape index (κ3) is 2.41. The van der Waals surface area contributed by atoms with Crippen molar-refractivity contribution in [3.05, 3.63) is 29.3 Å². The summed E-state index contributed by atoms with van der Waals surface area (Å²) in [4.78, 5) is 0. The first-order valence-electron chi connectivity index (χ1n) is 6.51. The Balaban J connectivity index is 2.35. The fourth-order valence-electron chi connectivity index (χ4n) is 2.08. The molecule has 0 amide bonds. The average Bonchev–Trinajstić information content (AvgIpc) is 2.47. The Bertz CT molecular complexity index is 461. The van der Waals surface area contributed by atoms with Crippen LogP contribution in [-0.4, -0.2) is 18.3 Å². The van der Waals surface area contributed by atoms with Gasteiger partial charge in [0.15, 0.2) is 0 Å². The van der Waals surface area contributed by atoms with Crippen molar-refractivity contribution >= 4 is 12.6 Å². The lowest BCUT2D eigenvalue weighted by Gasteiger charge is -2.32. The molecule has 1 aromatic rings. The summed E-state index contributed by atoms with van der Waals surface area (Å²) in [6, 6.07) is 2.59. The SMILES string of the molecule is CCc1c(F)cc(B2OC(C)(C)C(C)(C)O2)cc1F.